The van der Waals surface area contributed by atoms with Crippen LogP contribution < -0.4 is 10.5 Å². The lowest BCUT2D eigenvalue weighted by Crippen LogP contribution is -2.15. The zero-order valence-electron chi connectivity index (χ0n) is 11.7. The molecule has 0 saturated carbocycles. The van der Waals surface area contributed by atoms with Gasteiger partial charge in [0.15, 0.2) is 0 Å². The highest BCUT2D eigenvalue weighted by Gasteiger charge is 2.15. The second-order valence-corrected chi connectivity index (χ2v) is 6.84. The maximum absolute atomic E-state index is 12.3. The summed E-state index contributed by atoms with van der Waals surface area (Å²) < 4.78 is 24.7. The summed E-state index contributed by atoms with van der Waals surface area (Å²) in [6.45, 7) is 0. The summed E-state index contributed by atoms with van der Waals surface area (Å²) in [5, 5.41) is 7.72. The highest BCUT2D eigenvalue weighted by molar-refractivity contribution is 7.89. The first kappa shape index (κ1) is 15.5. The molecule has 23 heavy (non-hydrogen) atoms. The van der Waals surface area contributed by atoms with E-state index in [-0.39, 0.29) is 15.8 Å². The van der Waals surface area contributed by atoms with Crippen LogP contribution in [0.1, 0.15) is 10.4 Å². The van der Waals surface area contributed by atoms with E-state index in [1.807, 2.05) is 28.8 Å². The molecule has 3 N–H and O–H groups in total. The van der Waals surface area contributed by atoms with Crippen molar-refractivity contribution in [2.45, 2.75) is 4.90 Å². The second kappa shape index (κ2) is 5.69. The van der Waals surface area contributed by atoms with Crippen molar-refractivity contribution >= 4 is 38.7 Å². The van der Waals surface area contributed by atoms with Gasteiger partial charge in [0.25, 0.3) is 5.91 Å². The Morgan fingerprint density at radius 1 is 1.17 bits per heavy atom. The summed E-state index contributed by atoms with van der Waals surface area (Å²) >= 11 is 5.81. The molecule has 3 aromatic rings. The number of nitrogens with zero attached hydrogens (tertiary/aromatic N) is 1. The fourth-order valence-corrected chi connectivity index (χ4v) is 3.25. The van der Waals surface area contributed by atoms with E-state index < -0.39 is 10.0 Å². The summed E-state index contributed by atoms with van der Waals surface area (Å²) in [5.74, 6) is -0.364. The SMILES string of the molecule is NS(=O)(=O)c1cc(NC(=O)c2cc3ccccn3c2)ccc1Cl. The fraction of sp³-hybridized carbons (Fsp3) is 0. The smallest absolute Gasteiger partial charge is 0.257 e. The van der Waals surface area contributed by atoms with E-state index in [9.17, 15) is 13.2 Å². The van der Waals surface area contributed by atoms with Gasteiger partial charge in [0.05, 0.1) is 10.6 Å². The number of sulfonamides is 1. The van der Waals surface area contributed by atoms with E-state index in [0.29, 0.717) is 11.3 Å². The average molecular weight is 350 g/mol. The lowest BCUT2D eigenvalue weighted by Gasteiger charge is -2.07. The summed E-state index contributed by atoms with van der Waals surface area (Å²) in [7, 11) is -3.96. The molecule has 0 spiro atoms. The maximum Gasteiger partial charge on any atom is 0.257 e. The molecule has 0 atom stereocenters. The number of halogens is 1. The quantitative estimate of drug-likeness (QED) is 0.760. The van der Waals surface area contributed by atoms with E-state index in [1.165, 1.54) is 18.2 Å². The maximum atomic E-state index is 12.3. The Labute approximate surface area is 137 Å². The molecule has 118 valence electrons. The topological polar surface area (TPSA) is 93.7 Å². The van der Waals surface area contributed by atoms with E-state index >= 15 is 0 Å². The number of benzene rings is 1. The lowest BCUT2D eigenvalue weighted by atomic mass is 10.2. The van der Waals surface area contributed by atoms with Crippen LogP contribution in [0, 0.1) is 0 Å². The number of hydrogen-bond acceptors (Lipinski definition) is 3. The second-order valence-electron chi connectivity index (χ2n) is 4.91. The molecule has 6 nitrogen and oxygen atoms in total. The number of pyridine rings is 1. The number of nitrogens with one attached hydrogen (secondary N) is 1. The molecule has 0 aliphatic heterocycles. The highest BCUT2D eigenvalue weighted by Crippen LogP contribution is 2.24. The third-order valence-corrected chi connectivity index (χ3v) is 4.65. The number of hydrogen-bond donors (Lipinski definition) is 2. The highest BCUT2D eigenvalue weighted by atomic mass is 35.5. The molecule has 1 amide bonds. The number of nitrogens with two attached hydrogens (primary N) is 1. The van der Waals surface area contributed by atoms with Gasteiger partial charge in [0.1, 0.15) is 4.90 Å². The normalized spacial score (nSPS) is 11.6. The fourth-order valence-electron chi connectivity index (χ4n) is 2.18. The van der Waals surface area contributed by atoms with Gasteiger partial charge in [-0.1, -0.05) is 17.7 Å². The number of carbonyl (C=O) groups excluding carboxylic acids is 1. The number of anilines is 1. The zero-order valence-corrected chi connectivity index (χ0v) is 13.3. The number of fused-ring (bicyclic) bond motifs is 1. The van der Waals surface area contributed by atoms with Crippen molar-refractivity contribution in [3.05, 3.63) is 65.4 Å². The minimum absolute atomic E-state index is 0.0000964. The van der Waals surface area contributed by atoms with Crippen LogP contribution >= 0.6 is 11.6 Å². The van der Waals surface area contributed by atoms with Crippen LogP contribution in [0.4, 0.5) is 5.69 Å². The van der Waals surface area contributed by atoms with Crippen molar-refractivity contribution < 1.29 is 13.2 Å². The van der Waals surface area contributed by atoms with Crippen molar-refractivity contribution in [1.29, 1.82) is 0 Å². The summed E-state index contributed by atoms with van der Waals surface area (Å²) in [6.07, 6.45) is 3.51. The molecule has 3 rings (SSSR count). The van der Waals surface area contributed by atoms with Crippen LogP contribution in [0.2, 0.25) is 5.02 Å². The minimum atomic E-state index is -3.96. The van der Waals surface area contributed by atoms with Crippen LogP contribution in [0.5, 0.6) is 0 Å². The van der Waals surface area contributed by atoms with E-state index in [1.54, 1.807) is 12.3 Å². The molecule has 8 heteroatoms. The largest absolute Gasteiger partial charge is 0.323 e. The van der Waals surface area contributed by atoms with Gasteiger partial charge in [-0.15, -0.1) is 0 Å². The van der Waals surface area contributed by atoms with Gasteiger partial charge in [-0.05, 0) is 36.4 Å². The van der Waals surface area contributed by atoms with Gasteiger partial charge < -0.3 is 9.72 Å². The molecule has 0 radical (unpaired) electrons. The average Bonchev–Trinajstić information content (AvgIpc) is 2.92. The van der Waals surface area contributed by atoms with Crippen molar-refractivity contribution in [2.24, 2.45) is 5.14 Å². The van der Waals surface area contributed by atoms with Gasteiger partial charge in [-0.3, -0.25) is 4.79 Å². The number of amides is 1. The number of rotatable bonds is 3. The Bertz CT molecular complexity index is 979. The van der Waals surface area contributed by atoms with Crippen LogP contribution in [-0.2, 0) is 10.0 Å². The standard InChI is InChI=1S/C15H12ClN3O3S/c16-13-5-4-11(8-14(13)23(17,21)22)18-15(20)10-7-12-3-1-2-6-19(12)9-10/h1-9H,(H,18,20)(H2,17,21,22). The predicted octanol–water partition coefficient (Wildman–Crippen LogP) is 2.49. The Morgan fingerprint density at radius 3 is 2.65 bits per heavy atom. The Hall–Kier alpha value is -2.35. The van der Waals surface area contributed by atoms with Crippen LogP contribution in [0.15, 0.2) is 59.8 Å². The zero-order chi connectivity index (χ0) is 16.6. The molecule has 0 bridgehead atoms. The molecule has 0 fully saturated rings. The number of aromatic nitrogens is 1. The Morgan fingerprint density at radius 2 is 1.96 bits per heavy atom. The van der Waals surface area contributed by atoms with E-state index in [4.69, 9.17) is 16.7 Å². The minimum Gasteiger partial charge on any atom is -0.323 e. The molecular weight excluding hydrogens is 338 g/mol. The lowest BCUT2D eigenvalue weighted by molar-refractivity contribution is 0.102. The summed E-state index contributed by atoms with van der Waals surface area (Å²) in [5.41, 5.74) is 1.61. The third-order valence-electron chi connectivity index (χ3n) is 3.26. The van der Waals surface area contributed by atoms with Gasteiger partial charge in [-0.25, -0.2) is 13.6 Å². The molecule has 0 saturated heterocycles. The van der Waals surface area contributed by atoms with Crippen molar-refractivity contribution in [3.63, 3.8) is 0 Å². The van der Waals surface area contributed by atoms with Crippen molar-refractivity contribution in [3.8, 4) is 0 Å². The van der Waals surface area contributed by atoms with E-state index in [2.05, 4.69) is 5.32 Å². The van der Waals surface area contributed by atoms with E-state index in [0.717, 1.165) is 5.52 Å². The molecule has 0 aliphatic carbocycles. The first-order valence-corrected chi connectivity index (χ1v) is 8.47. The summed E-state index contributed by atoms with van der Waals surface area (Å²) in [6, 6.07) is 11.4. The van der Waals surface area contributed by atoms with Gasteiger partial charge in [-0.2, -0.15) is 0 Å². The van der Waals surface area contributed by atoms with Crippen molar-refractivity contribution in [2.75, 3.05) is 5.32 Å². The van der Waals surface area contributed by atoms with Gasteiger partial charge in [0.2, 0.25) is 10.0 Å². The Balaban J connectivity index is 1.91. The van der Waals surface area contributed by atoms with Crippen molar-refractivity contribution in [1.82, 2.24) is 4.40 Å². The van der Waals surface area contributed by atoms with Crippen LogP contribution in [-0.4, -0.2) is 18.7 Å². The van der Waals surface area contributed by atoms with Gasteiger partial charge in [0, 0.05) is 23.6 Å². The molecular formula is C15H12ClN3O3S. The molecule has 0 aliphatic rings. The molecule has 0 unspecified atom stereocenters. The van der Waals surface area contributed by atoms with Gasteiger partial charge >= 0.3 is 0 Å². The molecule has 1 aromatic carbocycles. The first-order chi connectivity index (χ1) is 10.8. The number of carbonyl (C=O) groups is 1. The molecule has 2 heterocycles. The Kier molecular flexibility index (Phi) is 3.85. The first-order valence-electron chi connectivity index (χ1n) is 6.55. The molecule has 2 aromatic heterocycles. The van der Waals surface area contributed by atoms with Crippen LogP contribution in [0.25, 0.3) is 5.52 Å². The van der Waals surface area contributed by atoms with Crippen LogP contribution in [0.3, 0.4) is 0 Å². The number of primary sulfonamides is 1. The predicted molar refractivity (Wildman–Crippen MR) is 88.2 cm³/mol. The summed E-state index contributed by atoms with van der Waals surface area (Å²) in [4.78, 5) is 12.1. The monoisotopic (exact) mass is 349 g/mol. The third kappa shape index (κ3) is 3.21.